The van der Waals surface area contributed by atoms with Crippen LogP contribution in [0.3, 0.4) is 0 Å². The van der Waals surface area contributed by atoms with E-state index in [2.05, 4.69) is 23.5 Å². The summed E-state index contributed by atoms with van der Waals surface area (Å²) in [5, 5.41) is 5.73. The molecule has 0 spiro atoms. The molecule has 0 aromatic heterocycles. The zero-order valence-electron chi connectivity index (χ0n) is 13.6. The van der Waals surface area contributed by atoms with Gasteiger partial charge < -0.3 is 10.6 Å². The van der Waals surface area contributed by atoms with E-state index in [1.807, 2.05) is 11.8 Å². The number of thioether (sulfide) groups is 1. The second-order valence-corrected chi connectivity index (χ2v) is 7.18. The van der Waals surface area contributed by atoms with Gasteiger partial charge in [-0.15, -0.1) is 0 Å². The predicted molar refractivity (Wildman–Crippen MR) is 96.9 cm³/mol. The van der Waals surface area contributed by atoms with Crippen molar-refractivity contribution in [1.82, 2.24) is 5.32 Å². The van der Waals surface area contributed by atoms with Crippen molar-refractivity contribution in [1.29, 1.82) is 0 Å². The van der Waals surface area contributed by atoms with E-state index < -0.39 is 0 Å². The van der Waals surface area contributed by atoms with Crippen LogP contribution in [0.25, 0.3) is 0 Å². The van der Waals surface area contributed by atoms with Gasteiger partial charge in [0.1, 0.15) is 0 Å². The fraction of sp³-hybridized carbons (Fsp3) is 0.444. The lowest BCUT2D eigenvalue weighted by atomic mass is 9.88. The lowest BCUT2D eigenvalue weighted by molar-refractivity contribution is -0.111. The third-order valence-corrected chi connectivity index (χ3v) is 5.79. The van der Waals surface area contributed by atoms with Crippen molar-refractivity contribution >= 4 is 29.3 Å². The maximum Gasteiger partial charge on any atom is 0.251 e. The second-order valence-electron chi connectivity index (χ2n) is 5.90. The van der Waals surface area contributed by atoms with E-state index in [0.29, 0.717) is 17.8 Å². The zero-order chi connectivity index (χ0) is 16.7. The maximum absolute atomic E-state index is 12.3. The lowest BCUT2D eigenvalue weighted by Crippen LogP contribution is -2.41. The van der Waals surface area contributed by atoms with Crippen molar-refractivity contribution in [3.63, 3.8) is 0 Å². The molecule has 1 aliphatic rings. The maximum atomic E-state index is 12.3. The van der Waals surface area contributed by atoms with Crippen LogP contribution in [0.15, 0.2) is 36.9 Å². The Morgan fingerprint density at radius 3 is 2.43 bits per heavy atom. The van der Waals surface area contributed by atoms with Gasteiger partial charge in [-0.1, -0.05) is 25.8 Å². The molecule has 0 heterocycles. The summed E-state index contributed by atoms with van der Waals surface area (Å²) in [6, 6.07) is 6.89. The zero-order valence-corrected chi connectivity index (χ0v) is 14.4. The Morgan fingerprint density at radius 1 is 1.22 bits per heavy atom. The first-order valence-corrected chi connectivity index (χ1v) is 9.18. The Labute approximate surface area is 142 Å². The molecule has 1 aromatic rings. The highest BCUT2D eigenvalue weighted by Crippen LogP contribution is 2.37. The van der Waals surface area contributed by atoms with Crippen LogP contribution in [0.2, 0.25) is 0 Å². The van der Waals surface area contributed by atoms with Gasteiger partial charge >= 0.3 is 0 Å². The van der Waals surface area contributed by atoms with Crippen LogP contribution in [0, 0.1) is 0 Å². The molecule has 1 saturated carbocycles. The fourth-order valence-electron chi connectivity index (χ4n) is 2.89. The van der Waals surface area contributed by atoms with Crippen molar-refractivity contribution in [2.75, 3.05) is 18.1 Å². The first kappa shape index (κ1) is 17.6. The van der Waals surface area contributed by atoms with E-state index in [0.717, 1.165) is 0 Å². The summed E-state index contributed by atoms with van der Waals surface area (Å²) in [7, 11) is 0. The molecule has 0 bridgehead atoms. The van der Waals surface area contributed by atoms with Crippen molar-refractivity contribution in [3.8, 4) is 0 Å². The molecule has 5 heteroatoms. The summed E-state index contributed by atoms with van der Waals surface area (Å²) < 4.78 is 0.186. The number of hydrogen-bond acceptors (Lipinski definition) is 3. The highest BCUT2D eigenvalue weighted by atomic mass is 32.2. The van der Waals surface area contributed by atoms with Crippen molar-refractivity contribution < 1.29 is 9.59 Å². The standard InChI is InChI=1S/C18H24N2O2S/c1-3-16(21)20-15-9-7-14(8-10-15)17(22)19-13-18(23-2)11-5-4-6-12-18/h3,7-10H,1,4-6,11-13H2,2H3,(H,19,22)(H,20,21). The minimum atomic E-state index is -0.263. The minimum Gasteiger partial charge on any atom is -0.351 e. The second kappa shape index (κ2) is 8.20. The third-order valence-electron chi connectivity index (χ3n) is 4.37. The van der Waals surface area contributed by atoms with E-state index in [4.69, 9.17) is 0 Å². The molecule has 1 fully saturated rings. The highest BCUT2D eigenvalue weighted by molar-refractivity contribution is 8.00. The average molecular weight is 332 g/mol. The van der Waals surface area contributed by atoms with Gasteiger partial charge in [-0.05, 0) is 49.4 Å². The van der Waals surface area contributed by atoms with Gasteiger partial charge in [-0.3, -0.25) is 9.59 Å². The van der Waals surface area contributed by atoms with Crippen LogP contribution >= 0.6 is 11.8 Å². The van der Waals surface area contributed by atoms with Gasteiger partial charge in [0, 0.05) is 22.5 Å². The lowest BCUT2D eigenvalue weighted by Gasteiger charge is -2.35. The monoisotopic (exact) mass is 332 g/mol. The quantitative estimate of drug-likeness (QED) is 0.783. The van der Waals surface area contributed by atoms with Gasteiger partial charge in [-0.25, -0.2) is 0 Å². The number of anilines is 1. The summed E-state index contributed by atoms with van der Waals surface area (Å²) in [6.07, 6.45) is 9.47. The largest absolute Gasteiger partial charge is 0.351 e. The van der Waals surface area contributed by atoms with E-state index >= 15 is 0 Å². The molecular weight excluding hydrogens is 308 g/mol. The van der Waals surface area contributed by atoms with E-state index in [9.17, 15) is 9.59 Å². The summed E-state index contributed by atoms with van der Waals surface area (Å²) >= 11 is 1.87. The summed E-state index contributed by atoms with van der Waals surface area (Å²) in [4.78, 5) is 23.5. The first-order valence-electron chi connectivity index (χ1n) is 7.95. The topological polar surface area (TPSA) is 58.2 Å². The highest BCUT2D eigenvalue weighted by Gasteiger charge is 2.31. The Bertz CT molecular complexity index is 563. The van der Waals surface area contributed by atoms with Gasteiger partial charge in [0.05, 0.1) is 0 Å². The van der Waals surface area contributed by atoms with Gasteiger partial charge in [0.15, 0.2) is 0 Å². The number of hydrogen-bond donors (Lipinski definition) is 2. The molecule has 0 atom stereocenters. The Balaban J connectivity index is 1.92. The molecule has 2 rings (SSSR count). The molecule has 1 aromatic carbocycles. The number of rotatable bonds is 6. The van der Waals surface area contributed by atoms with Crippen LogP contribution in [-0.2, 0) is 4.79 Å². The van der Waals surface area contributed by atoms with Gasteiger partial charge in [0.2, 0.25) is 5.91 Å². The number of amides is 2. The van der Waals surface area contributed by atoms with Gasteiger partial charge in [0.25, 0.3) is 5.91 Å². The predicted octanol–water partition coefficient (Wildman–Crippen LogP) is 3.61. The van der Waals surface area contributed by atoms with E-state index in [-0.39, 0.29) is 16.6 Å². The normalized spacial score (nSPS) is 16.4. The third kappa shape index (κ3) is 4.86. The molecule has 0 saturated heterocycles. The number of benzene rings is 1. The van der Waals surface area contributed by atoms with Crippen LogP contribution in [0.4, 0.5) is 5.69 Å². The number of carbonyl (C=O) groups is 2. The molecule has 1 aliphatic carbocycles. The molecule has 23 heavy (non-hydrogen) atoms. The van der Waals surface area contributed by atoms with Crippen LogP contribution in [-0.4, -0.2) is 29.4 Å². The Hall–Kier alpha value is -1.75. The van der Waals surface area contributed by atoms with Crippen LogP contribution in [0.5, 0.6) is 0 Å². The first-order chi connectivity index (χ1) is 11.1. The molecule has 124 valence electrons. The van der Waals surface area contributed by atoms with Crippen molar-refractivity contribution in [2.24, 2.45) is 0 Å². The van der Waals surface area contributed by atoms with E-state index in [1.54, 1.807) is 24.3 Å². The summed E-state index contributed by atoms with van der Waals surface area (Å²) in [5.74, 6) is -0.327. The molecule has 0 radical (unpaired) electrons. The molecular formula is C18H24N2O2S. The average Bonchev–Trinajstić information content (AvgIpc) is 2.61. The SMILES string of the molecule is C=CC(=O)Nc1ccc(C(=O)NCC2(SC)CCCCC2)cc1. The smallest absolute Gasteiger partial charge is 0.251 e. The van der Waals surface area contributed by atoms with E-state index in [1.165, 1.54) is 38.2 Å². The van der Waals surface area contributed by atoms with Gasteiger partial charge in [-0.2, -0.15) is 11.8 Å². The minimum absolute atomic E-state index is 0.0643. The Morgan fingerprint density at radius 2 is 1.87 bits per heavy atom. The van der Waals surface area contributed by atoms with Crippen LogP contribution in [0.1, 0.15) is 42.5 Å². The Kier molecular flexibility index (Phi) is 6.28. The molecule has 2 amide bonds. The molecule has 0 aliphatic heterocycles. The summed E-state index contributed by atoms with van der Waals surface area (Å²) in [6.45, 7) is 4.12. The van der Waals surface area contributed by atoms with Crippen molar-refractivity contribution in [3.05, 3.63) is 42.5 Å². The molecule has 2 N–H and O–H groups in total. The molecule has 0 unspecified atom stereocenters. The van der Waals surface area contributed by atoms with Crippen LogP contribution < -0.4 is 10.6 Å². The fourth-order valence-corrected chi connectivity index (χ4v) is 3.80. The number of carbonyl (C=O) groups excluding carboxylic acids is 2. The van der Waals surface area contributed by atoms with Crippen molar-refractivity contribution in [2.45, 2.75) is 36.9 Å². The molecule has 4 nitrogen and oxygen atoms in total. The number of nitrogens with one attached hydrogen (secondary N) is 2. The summed E-state index contributed by atoms with van der Waals surface area (Å²) in [5.41, 5.74) is 1.26.